The molecule has 0 aliphatic carbocycles. The largest absolute Gasteiger partial charge is 0.497 e. The van der Waals surface area contributed by atoms with Crippen LogP contribution >= 0.6 is 0 Å². The Morgan fingerprint density at radius 3 is 2.56 bits per heavy atom. The summed E-state index contributed by atoms with van der Waals surface area (Å²) in [5.74, 6) is 0.899. The first-order valence-electron chi connectivity index (χ1n) is 6.40. The van der Waals surface area contributed by atoms with E-state index in [0.29, 0.717) is 0 Å². The number of H-pyrrole nitrogens is 1. The van der Waals surface area contributed by atoms with Gasteiger partial charge >= 0.3 is 0 Å². The molecule has 0 radical (unpaired) electrons. The molecule has 2 rings (SSSR count). The number of aromatic amines is 1. The van der Waals surface area contributed by atoms with Gasteiger partial charge in [0.05, 0.1) is 12.8 Å². The number of methoxy groups -OCH3 is 1. The lowest BCUT2D eigenvalue weighted by Crippen LogP contribution is -1.95. The summed E-state index contributed by atoms with van der Waals surface area (Å²) in [6.07, 6.45) is 3.09. The molecule has 2 aromatic rings. The standard InChI is InChI=1S/C15H20N2O/c1-4-5-15-14(11(2)16-17-15)10-12-6-8-13(18-3)9-7-12/h6-9H,4-5,10H2,1-3H3,(H,16,17). The van der Waals surface area contributed by atoms with Gasteiger partial charge in [-0.2, -0.15) is 5.10 Å². The van der Waals surface area contributed by atoms with Gasteiger partial charge in [-0.25, -0.2) is 0 Å². The molecule has 0 amide bonds. The molecule has 1 aromatic heterocycles. The van der Waals surface area contributed by atoms with Crippen LogP contribution in [-0.4, -0.2) is 17.3 Å². The fourth-order valence-electron chi connectivity index (χ4n) is 2.13. The van der Waals surface area contributed by atoms with Crippen molar-refractivity contribution < 1.29 is 4.74 Å². The zero-order chi connectivity index (χ0) is 13.0. The van der Waals surface area contributed by atoms with Crippen LogP contribution in [0.3, 0.4) is 0 Å². The van der Waals surface area contributed by atoms with Crippen LogP contribution in [0.15, 0.2) is 24.3 Å². The maximum absolute atomic E-state index is 5.17. The number of benzene rings is 1. The van der Waals surface area contributed by atoms with E-state index in [2.05, 4.69) is 36.2 Å². The van der Waals surface area contributed by atoms with E-state index in [1.807, 2.05) is 12.1 Å². The van der Waals surface area contributed by atoms with Gasteiger partial charge in [0.2, 0.25) is 0 Å². The molecule has 0 unspecified atom stereocenters. The van der Waals surface area contributed by atoms with E-state index in [0.717, 1.165) is 25.0 Å². The molecule has 1 N–H and O–H groups in total. The van der Waals surface area contributed by atoms with Gasteiger partial charge < -0.3 is 4.74 Å². The number of aromatic nitrogens is 2. The van der Waals surface area contributed by atoms with Crippen LogP contribution in [0.4, 0.5) is 0 Å². The van der Waals surface area contributed by atoms with Crippen molar-refractivity contribution in [3.05, 3.63) is 46.8 Å². The summed E-state index contributed by atoms with van der Waals surface area (Å²) in [6.45, 7) is 4.27. The molecule has 1 heterocycles. The summed E-state index contributed by atoms with van der Waals surface area (Å²) < 4.78 is 5.17. The first-order valence-corrected chi connectivity index (χ1v) is 6.40. The van der Waals surface area contributed by atoms with Gasteiger partial charge in [-0.15, -0.1) is 0 Å². The van der Waals surface area contributed by atoms with E-state index >= 15 is 0 Å². The number of ether oxygens (including phenoxy) is 1. The van der Waals surface area contributed by atoms with E-state index in [-0.39, 0.29) is 0 Å². The number of hydrogen-bond donors (Lipinski definition) is 1. The summed E-state index contributed by atoms with van der Waals surface area (Å²) in [5, 5.41) is 7.48. The van der Waals surface area contributed by atoms with Crippen molar-refractivity contribution in [2.24, 2.45) is 0 Å². The SMILES string of the molecule is CCCc1n[nH]c(C)c1Cc1ccc(OC)cc1. The maximum atomic E-state index is 5.17. The molecule has 0 fully saturated rings. The minimum Gasteiger partial charge on any atom is -0.497 e. The minimum atomic E-state index is 0.899. The lowest BCUT2D eigenvalue weighted by atomic mass is 10.0. The molecule has 0 aliphatic rings. The Hall–Kier alpha value is -1.77. The fraction of sp³-hybridized carbons (Fsp3) is 0.400. The van der Waals surface area contributed by atoms with Gasteiger partial charge in [0.1, 0.15) is 5.75 Å². The first kappa shape index (κ1) is 12.7. The highest BCUT2D eigenvalue weighted by molar-refractivity contribution is 5.34. The summed E-state index contributed by atoms with van der Waals surface area (Å²) in [7, 11) is 1.69. The van der Waals surface area contributed by atoms with Crippen molar-refractivity contribution in [3.63, 3.8) is 0 Å². The Kier molecular flexibility index (Phi) is 4.03. The maximum Gasteiger partial charge on any atom is 0.118 e. The van der Waals surface area contributed by atoms with Gasteiger partial charge in [0.25, 0.3) is 0 Å². The van der Waals surface area contributed by atoms with E-state index in [1.165, 1.54) is 22.5 Å². The van der Waals surface area contributed by atoms with Crippen LogP contribution in [-0.2, 0) is 12.8 Å². The molecule has 0 saturated heterocycles. The molecule has 0 saturated carbocycles. The number of nitrogens with zero attached hydrogens (tertiary/aromatic N) is 1. The van der Waals surface area contributed by atoms with Gasteiger partial charge in [-0.05, 0) is 31.0 Å². The summed E-state index contributed by atoms with van der Waals surface area (Å²) in [6, 6.07) is 8.23. The Morgan fingerprint density at radius 2 is 1.94 bits per heavy atom. The van der Waals surface area contributed by atoms with Crippen LogP contribution < -0.4 is 4.74 Å². The van der Waals surface area contributed by atoms with Crippen molar-refractivity contribution >= 4 is 0 Å². The van der Waals surface area contributed by atoms with Crippen molar-refractivity contribution in [2.45, 2.75) is 33.1 Å². The zero-order valence-corrected chi connectivity index (χ0v) is 11.3. The van der Waals surface area contributed by atoms with Crippen molar-refractivity contribution in [2.75, 3.05) is 7.11 Å². The molecular weight excluding hydrogens is 224 g/mol. The van der Waals surface area contributed by atoms with Crippen LogP contribution in [0.25, 0.3) is 0 Å². The average Bonchev–Trinajstić information content (AvgIpc) is 2.73. The quantitative estimate of drug-likeness (QED) is 0.876. The molecular formula is C15H20N2O. The fourth-order valence-corrected chi connectivity index (χ4v) is 2.13. The van der Waals surface area contributed by atoms with E-state index < -0.39 is 0 Å². The van der Waals surface area contributed by atoms with Crippen molar-refractivity contribution in [3.8, 4) is 5.75 Å². The molecule has 18 heavy (non-hydrogen) atoms. The molecule has 0 atom stereocenters. The van der Waals surface area contributed by atoms with Gasteiger partial charge in [0.15, 0.2) is 0 Å². The van der Waals surface area contributed by atoms with Crippen LogP contribution in [0.5, 0.6) is 5.75 Å². The summed E-state index contributed by atoms with van der Waals surface area (Å²) in [5.41, 5.74) is 5.00. The van der Waals surface area contributed by atoms with E-state index in [9.17, 15) is 0 Å². The highest BCUT2D eigenvalue weighted by Gasteiger charge is 2.10. The van der Waals surface area contributed by atoms with E-state index in [4.69, 9.17) is 4.74 Å². The van der Waals surface area contributed by atoms with Crippen LogP contribution in [0.1, 0.15) is 35.9 Å². The highest BCUT2D eigenvalue weighted by Crippen LogP contribution is 2.19. The monoisotopic (exact) mass is 244 g/mol. The number of nitrogens with one attached hydrogen (secondary N) is 1. The number of aryl methyl sites for hydroxylation is 2. The first-order chi connectivity index (χ1) is 8.74. The molecule has 0 spiro atoms. The second-order valence-corrected chi connectivity index (χ2v) is 4.55. The third-order valence-corrected chi connectivity index (χ3v) is 3.19. The van der Waals surface area contributed by atoms with Crippen LogP contribution in [0.2, 0.25) is 0 Å². The topological polar surface area (TPSA) is 37.9 Å². The van der Waals surface area contributed by atoms with Gasteiger partial charge in [-0.3, -0.25) is 5.10 Å². The van der Waals surface area contributed by atoms with Crippen molar-refractivity contribution in [1.82, 2.24) is 10.2 Å². The number of rotatable bonds is 5. The molecule has 3 heteroatoms. The minimum absolute atomic E-state index is 0.899. The second kappa shape index (κ2) is 5.71. The molecule has 3 nitrogen and oxygen atoms in total. The average molecular weight is 244 g/mol. The summed E-state index contributed by atoms with van der Waals surface area (Å²) in [4.78, 5) is 0. The van der Waals surface area contributed by atoms with Gasteiger partial charge in [0, 0.05) is 17.7 Å². The van der Waals surface area contributed by atoms with Gasteiger partial charge in [-0.1, -0.05) is 25.5 Å². The van der Waals surface area contributed by atoms with Crippen molar-refractivity contribution in [1.29, 1.82) is 0 Å². The molecule has 1 aromatic carbocycles. The highest BCUT2D eigenvalue weighted by atomic mass is 16.5. The molecule has 96 valence electrons. The Morgan fingerprint density at radius 1 is 1.22 bits per heavy atom. The number of hydrogen-bond acceptors (Lipinski definition) is 2. The third-order valence-electron chi connectivity index (χ3n) is 3.19. The third kappa shape index (κ3) is 2.73. The van der Waals surface area contributed by atoms with Crippen LogP contribution in [0, 0.1) is 6.92 Å². The smallest absolute Gasteiger partial charge is 0.118 e. The van der Waals surface area contributed by atoms with E-state index in [1.54, 1.807) is 7.11 Å². The Bertz CT molecular complexity index is 500. The summed E-state index contributed by atoms with van der Waals surface area (Å²) >= 11 is 0. The lowest BCUT2D eigenvalue weighted by molar-refractivity contribution is 0.414. The zero-order valence-electron chi connectivity index (χ0n) is 11.3. The Labute approximate surface area is 108 Å². The predicted molar refractivity (Wildman–Crippen MR) is 73.1 cm³/mol. The molecule has 0 aliphatic heterocycles. The molecule has 0 bridgehead atoms. The Balaban J connectivity index is 2.19. The predicted octanol–water partition coefficient (Wildman–Crippen LogP) is 3.27. The normalized spacial score (nSPS) is 10.6. The lowest BCUT2D eigenvalue weighted by Gasteiger charge is -2.05. The second-order valence-electron chi connectivity index (χ2n) is 4.55.